The Hall–Kier alpha value is -4.71. The van der Waals surface area contributed by atoms with E-state index in [1.807, 2.05) is 95.6 Å². The molecule has 6 heteroatoms. The van der Waals surface area contributed by atoms with Crippen LogP contribution in [0.25, 0.3) is 22.2 Å². The summed E-state index contributed by atoms with van der Waals surface area (Å²) in [5, 5.41) is 12.5. The van der Waals surface area contributed by atoms with Gasteiger partial charge in [-0.2, -0.15) is 0 Å². The van der Waals surface area contributed by atoms with E-state index < -0.39 is 12.0 Å². The summed E-state index contributed by atoms with van der Waals surface area (Å²) >= 11 is 0. The molecule has 6 nitrogen and oxygen atoms in total. The number of nitrogens with one attached hydrogen (secondary N) is 1. The van der Waals surface area contributed by atoms with Crippen molar-refractivity contribution in [1.82, 2.24) is 9.55 Å². The van der Waals surface area contributed by atoms with Crippen molar-refractivity contribution in [1.29, 1.82) is 0 Å². The summed E-state index contributed by atoms with van der Waals surface area (Å²) in [5.41, 5.74) is 6.17. The van der Waals surface area contributed by atoms with E-state index in [0.29, 0.717) is 5.69 Å². The molecular weight excluding hydrogens is 450 g/mol. The highest BCUT2D eigenvalue weighted by Gasteiger charge is 2.20. The lowest BCUT2D eigenvalue weighted by molar-refractivity contribution is -0.137. The van der Waals surface area contributed by atoms with Crippen LogP contribution in [0.15, 0.2) is 109 Å². The van der Waals surface area contributed by atoms with Crippen LogP contribution >= 0.6 is 0 Å². The molecule has 178 valence electrons. The number of fused-ring (bicyclic) bond motifs is 1. The highest BCUT2D eigenvalue weighted by atomic mass is 16.4. The summed E-state index contributed by atoms with van der Waals surface area (Å²) in [6.45, 7) is 0. The van der Waals surface area contributed by atoms with Gasteiger partial charge in [-0.3, -0.25) is 9.59 Å². The molecule has 1 atom stereocenters. The van der Waals surface area contributed by atoms with Crippen LogP contribution < -0.4 is 5.32 Å². The number of benzene rings is 4. The zero-order valence-corrected chi connectivity index (χ0v) is 19.5. The standard InChI is InChI=1S/C30H25N3O3/c34-29(17-21-11-13-23(14-12-21)22-7-3-1-4-8-22)32-25-15-16-26-28(18-25)33(20-31-26)27(19-30(35)36)24-9-5-2-6-10-24/h1-16,18,20,27H,17,19H2,(H,32,34)(H,35,36). The first-order chi connectivity index (χ1) is 17.6. The van der Waals surface area contributed by atoms with E-state index in [1.54, 1.807) is 6.33 Å². The van der Waals surface area contributed by atoms with Gasteiger partial charge in [0.25, 0.3) is 0 Å². The van der Waals surface area contributed by atoms with Crippen molar-refractivity contribution < 1.29 is 14.7 Å². The van der Waals surface area contributed by atoms with Crippen molar-refractivity contribution in [2.45, 2.75) is 18.9 Å². The average molecular weight is 476 g/mol. The quantitative estimate of drug-likeness (QED) is 0.291. The molecule has 0 radical (unpaired) electrons. The summed E-state index contributed by atoms with van der Waals surface area (Å²) in [6, 6.07) is 32.7. The number of nitrogens with zero attached hydrogens (tertiary/aromatic N) is 2. The van der Waals surface area contributed by atoms with Gasteiger partial charge < -0.3 is 15.0 Å². The van der Waals surface area contributed by atoms with Gasteiger partial charge in [0.1, 0.15) is 0 Å². The number of anilines is 1. The van der Waals surface area contributed by atoms with E-state index in [-0.39, 0.29) is 18.7 Å². The molecule has 1 aromatic heterocycles. The Bertz CT molecular complexity index is 1490. The number of amides is 1. The fourth-order valence-electron chi connectivity index (χ4n) is 4.41. The van der Waals surface area contributed by atoms with Crippen LogP contribution in [-0.2, 0) is 16.0 Å². The third kappa shape index (κ3) is 5.18. The van der Waals surface area contributed by atoms with Crippen LogP contribution in [0.1, 0.15) is 23.6 Å². The van der Waals surface area contributed by atoms with Crippen molar-refractivity contribution in [2.24, 2.45) is 0 Å². The van der Waals surface area contributed by atoms with Gasteiger partial charge in [-0.1, -0.05) is 84.9 Å². The van der Waals surface area contributed by atoms with Gasteiger partial charge >= 0.3 is 5.97 Å². The number of aliphatic carboxylic acids is 1. The molecule has 0 saturated heterocycles. The first-order valence-electron chi connectivity index (χ1n) is 11.7. The molecule has 1 unspecified atom stereocenters. The van der Waals surface area contributed by atoms with Crippen molar-refractivity contribution in [3.05, 3.63) is 121 Å². The SMILES string of the molecule is O=C(O)CC(c1ccccc1)n1cnc2ccc(NC(=O)Cc3ccc(-c4ccccc4)cc3)cc21. The molecule has 0 fully saturated rings. The average Bonchev–Trinajstić information content (AvgIpc) is 3.31. The normalized spacial score (nSPS) is 11.8. The molecule has 4 aromatic carbocycles. The molecule has 0 aliphatic carbocycles. The van der Waals surface area contributed by atoms with E-state index in [4.69, 9.17) is 0 Å². The van der Waals surface area contributed by atoms with Crippen LogP contribution in [-0.4, -0.2) is 26.5 Å². The Kier molecular flexibility index (Phi) is 6.58. The van der Waals surface area contributed by atoms with Crippen LogP contribution in [0, 0.1) is 0 Å². The van der Waals surface area contributed by atoms with Crippen molar-refractivity contribution in [3.63, 3.8) is 0 Å². The lowest BCUT2D eigenvalue weighted by atomic mass is 10.0. The van der Waals surface area contributed by atoms with E-state index in [1.165, 1.54) is 0 Å². The molecule has 1 heterocycles. The number of carbonyl (C=O) groups excluding carboxylic acids is 1. The zero-order valence-electron chi connectivity index (χ0n) is 19.5. The first-order valence-corrected chi connectivity index (χ1v) is 11.7. The van der Waals surface area contributed by atoms with E-state index in [2.05, 4.69) is 22.4 Å². The second-order valence-electron chi connectivity index (χ2n) is 8.67. The second kappa shape index (κ2) is 10.3. The smallest absolute Gasteiger partial charge is 0.305 e. The lowest BCUT2D eigenvalue weighted by Crippen LogP contribution is -2.15. The first kappa shape index (κ1) is 23.1. The number of carbonyl (C=O) groups is 2. The minimum atomic E-state index is -0.895. The largest absolute Gasteiger partial charge is 0.481 e. The molecule has 36 heavy (non-hydrogen) atoms. The predicted molar refractivity (Wildman–Crippen MR) is 141 cm³/mol. The number of imidazole rings is 1. The van der Waals surface area contributed by atoms with Gasteiger partial charge in [0.05, 0.1) is 36.2 Å². The molecule has 0 saturated carbocycles. The van der Waals surface area contributed by atoms with Crippen molar-refractivity contribution in [2.75, 3.05) is 5.32 Å². The maximum atomic E-state index is 12.8. The monoisotopic (exact) mass is 475 g/mol. The van der Waals surface area contributed by atoms with Crippen LogP contribution in [0.2, 0.25) is 0 Å². The van der Waals surface area contributed by atoms with Crippen molar-refractivity contribution >= 4 is 28.6 Å². The predicted octanol–water partition coefficient (Wildman–Crippen LogP) is 5.95. The molecule has 5 rings (SSSR count). The lowest BCUT2D eigenvalue weighted by Gasteiger charge is -2.18. The minimum absolute atomic E-state index is 0.0783. The summed E-state index contributed by atoms with van der Waals surface area (Å²) in [6.07, 6.45) is 1.83. The number of aromatic nitrogens is 2. The topological polar surface area (TPSA) is 84.2 Å². The molecular formula is C30H25N3O3. The van der Waals surface area contributed by atoms with Crippen molar-refractivity contribution in [3.8, 4) is 11.1 Å². The van der Waals surface area contributed by atoms with E-state index in [0.717, 1.165) is 33.3 Å². The van der Waals surface area contributed by atoms with E-state index in [9.17, 15) is 14.7 Å². The van der Waals surface area contributed by atoms with E-state index >= 15 is 0 Å². The Morgan fingerprint density at radius 1 is 0.833 bits per heavy atom. The van der Waals surface area contributed by atoms with Crippen LogP contribution in [0.3, 0.4) is 0 Å². The second-order valence-corrected chi connectivity index (χ2v) is 8.67. The molecule has 0 aliphatic heterocycles. The molecule has 0 aliphatic rings. The third-order valence-electron chi connectivity index (χ3n) is 6.17. The summed E-state index contributed by atoms with van der Waals surface area (Å²) in [5.74, 6) is -1.02. The highest BCUT2D eigenvalue weighted by Crippen LogP contribution is 2.28. The van der Waals surface area contributed by atoms with Gasteiger partial charge in [0.15, 0.2) is 0 Å². The summed E-state index contributed by atoms with van der Waals surface area (Å²) in [4.78, 5) is 28.8. The summed E-state index contributed by atoms with van der Waals surface area (Å²) in [7, 11) is 0. The van der Waals surface area contributed by atoms with Gasteiger partial charge in [-0.05, 0) is 40.5 Å². The number of hydrogen-bond donors (Lipinski definition) is 2. The molecule has 1 amide bonds. The molecule has 2 N–H and O–H groups in total. The molecule has 0 spiro atoms. The minimum Gasteiger partial charge on any atom is -0.481 e. The van der Waals surface area contributed by atoms with Crippen LogP contribution in [0.4, 0.5) is 5.69 Å². The Balaban J connectivity index is 1.34. The molecule has 0 bridgehead atoms. The maximum Gasteiger partial charge on any atom is 0.305 e. The molecule has 5 aromatic rings. The van der Waals surface area contributed by atoms with Crippen LogP contribution in [0.5, 0.6) is 0 Å². The number of rotatable bonds is 8. The van der Waals surface area contributed by atoms with Gasteiger partial charge in [0.2, 0.25) is 5.91 Å². The van der Waals surface area contributed by atoms with Gasteiger partial charge in [-0.15, -0.1) is 0 Å². The third-order valence-corrected chi connectivity index (χ3v) is 6.17. The maximum absolute atomic E-state index is 12.8. The fourth-order valence-corrected chi connectivity index (χ4v) is 4.41. The Morgan fingerprint density at radius 2 is 1.50 bits per heavy atom. The van der Waals surface area contributed by atoms with Gasteiger partial charge in [-0.25, -0.2) is 4.98 Å². The summed E-state index contributed by atoms with van der Waals surface area (Å²) < 4.78 is 1.86. The number of carboxylic acid groups (broad SMARTS) is 1. The van der Waals surface area contributed by atoms with Gasteiger partial charge in [0, 0.05) is 5.69 Å². The Morgan fingerprint density at radius 3 is 2.19 bits per heavy atom. The number of hydrogen-bond acceptors (Lipinski definition) is 3. The zero-order chi connectivity index (χ0) is 24.9. The fraction of sp³-hybridized carbons (Fsp3) is 0.100. The highest BCUT2D eigenvalue weighted by molar-refractivity contribution is 5.94. The number of carboxylic acids is 1. The Labute approximate surface area is 208 Å².